The molecule has 0 unspecified atom stereocenters. The van der Waals surface area contributed by atoms with Gasteiger partial charge in [-0.05, 0) is 37.3 Å². The van der Waals surface area contributed by atoms with Crippen LogP contribution < -0.4 is 0 Å². The normalized spacial score (nSPS) is 21.8. The Morgan fingerprint density at radius 2 is 2.00 bits per heavy atom. The zero-order valence-corrected chi connectivity index (χ0v) is 14.5. The molecule has 0 aliphatic heterocycles. The van der Waals surface area contributed by atoms with Gasteiger partial charge in [0.05, 0.1) is 12.7 Å². The maximum Gasteiger partial charge on any atom is 0.338 e. The fourth-order valence-electron chi connectivity index (χ4n) is 3.04. The van der Waals surface area contributed by atoms with Gasteiger partial charge in [0, 0.05) is 30.2 Å². The number of allylic oxidation sites excluding steroid dienone is 2. The van der Waals surface area contributed by atoms with E-state index in [1.165, 1.54) is 23.1 Å². The third-order valence-corrected chi connectivity index (χ3v) is 5.66. The predicted molar refractivity (Wildman–Crippen MR) is 88.0 cm³/mol. The zero-order valence-electron chi connectivity index (χ0n) is 13.7. The molecule has 0 spiro atoms. The molecule has 1 N–H and O–H groups in total. The van der Waals surface area contributed by atoms with Crippen molar-refractivity contribution in [3.63, 3.8) is 0 Å². The van der Waals surface area contributed by atoms with Gasteiger partial charge >= 0.3 is 5.97 Å². The van der Waals surface area contributed by atoms with E-state index in [-0.39, 0.29) is 5.97 Å². The summed E-state index contributed by atoms with van der Waals surface area (Å²) in [5.41, 5.74) is 4.31. The first-order chi connectivity index (χ1) is 10.5. The van der Waals surface area contributed by atoms with Crippen LogP contribution >= 0.6 is 11.3 Å². The minimum absolute atomic E-state index is 0.280. The lowest BCUT2D eigenvalue weighted by Crippen LogP contribution is -2.34. The number of rotatable bonds is 4. The standard InChI is InChI=1S/C17H24O4S/c1-5-13(12-6-8-17(19,21-4)9-7-12)15-11(2)14(10-22-15)16(18)20-3/h10,19H,5-9H2,1-4H3. The van der Waals surface area contributed by atoms with Crippen LogP contribution in [0.15, 0.2) is 11.0 Å². The van der Waals surface area contributed by atoms with Gasteiger partial charge in [-0.15, -0.1) is 11.3 Å². The largest absolute Gasteiger partial charge is 0.465 e. The van der Waals surface area contributed by atoms with Gasteiger partial charge in [-0.3, -0.25) is 0 Å². The molecule has 1 saturated carbocycles. The highest BCUT2D eigenvalue weighted by molar-refractivity contribution is 7.11. The van der Waals surface area contributed by atoms with E-state index in [0.717, 1.165) is 24.8 Å². The number of carbonyl (C=O) groups excluding carboxylic acids is 1. The average molecular weight is 324 g/mol. The van der Waals surface area contributed by atoms with E-state index < -0.39 is 5.79 Å². The average Bonchev–Trinajstić information content (AvgIpc) is 2.91. The van der Waals surface area contributed by atoms with Crippen molar-refractivity contribution in [3.05, 3.63) is 27.0 Å². The third kappa shape index (κ3) is 3.26. The van der Waals surface area contributed by atoms with Crippen molar-refractivity contribution in [2.45, 2.75) is 51.7 Å². The molecule has 1 aliphatic carbocycles. The van der Waals surface area contributed by atoms with Gasteiger partial charge in [0.2, 0.25) is 0 Å². The molecular weight excluding hydrogens is 300 g/mol. The van der Waals surface area contributed by atoms with Crippen molar-refractivity contribution in [2.75, 3.05) is 14.2 Å². The first-order valence-corrected chi connectivity index (χ1v) is 8.49. The summed E-state index contributed by atoms with van der Waals surface area (Å²) in [6, 6.07) is 0. The molecule has 22 heavy (non-hydrogen) atoms. The Hall–Kier alpha value is -1.17. The molecule has 1 aromatic heterocycles. The lowest BCUT2D eigenvalue weighted by Gasteiger charge is -2.32. The van der Waals surface area contributed by atoms with Crippen LogP contribution in [0.2, 0.25) is 0 Å². The number of esters is 1. The van der Waals surface area contributed by atoms with Gasteiger partial charge < -0.3 is 14.6 Å². The molecule has 1 aromatic rings. The molecule has 0 bridgehead atoms. The van der Waals surface area contributed by atoms with Crippen LogP contribution in [0.5, 0.6) is 0 Å². The fraction of sp³-hybridized carbons (Fsp3) is 0.588. The molecule has 4 nitrogen and oxygen atoms in total. The molecule has 0 saturated heterocycles. The van der Waals surface area contributed by atoms with Gasteiger partial charge in [-0.1, -0.05) is 12.5 Å². The molecule has 5 heteroatoms. The molecule has 0 atom stereocenters. The van der Waals surface area contributed by atoms with Gasteiger partial charge in [0.1, 0.15) is 0 Å². The van der Waals surface area contributed by atoms with E-state index in [9.17, 15) is 9.90 Å². The number of methoxy groups -OCH3 is 2. The van der Waals surface area contributed by atoms with Crippen molar-refractivity contribution >= 4 is 22.9 Å². The summed E-state index contributed by atoms with van der Waals surface area (Å²) in [6.07, 6.45) is 3.83. The number of ether oxygens (including phenoxy) is 2. The molecular formula is C17H24O4S. The van der Waals surface area contributed by atoms with Crippen LogP contribution in [0.3, 0.4) is 0 Å². The fourth-order valence-corrected chi connectivity index (χ4v) is 4.27. The lowest BCUT2D eigenvalue weighted by atomic mass is 9.85. The third-order valence-electron chi connectivity index (χ3n) is 4.51. The van der Waals surface area contributed by atoms with Crippen LogP contribution in [0, 0.1) is 6.92 Å². The second-order valence-electron chi connectivity index (χ2n) is 5.68. The van der Waals surface area contributed by atoms with Crippen molar-refractivity contribution in [3.8, 4) is 0 Å². The molecule has 2 rings (SSSR count). The SMILES string of the molecule is CCC(=C1CCC(O)(OC)CC1)c1scc(C(=O)OC)c1C. The molecule has 0 amide bonds. The van der Waals surface area contributed by atoms with Crippen LogP contribution in [0.1, 0.15) is 59.8 Å². The predicted octanol–water partition coefficient (Wildman–Crippen LogP) is 3.92. The van der Waals surface area contributed by atoms with E-state index in [4.69, 9.17) is 9.47 Å². The van der Waals surface area contributed by atoms with Gasteiger partial charge in [-0.2, -0.15) is 0 Å². The van der Waals surface area contributed by atoms with Crippen molar-refractivity contribution in [1.29, 1.82) is 0 Å². The molecule has 0 aromatic carbocycles. The maximum absolute atomic E-state index is 11.8. The number of thiophene rings is 1. The summed E-state index contributed by atoms with van der Waals surface area (Å²) < 4.78 is 10.0. The zero-order chi connectivity index (χ0) is 16.3. The number of aliphatic hydroxyl groups is 1. The lowest BCUT2D eigenvalue weighted by molar-refractivity contribution is -0.198. The first kappa shape index (κ1) is 17.2. The topological polar surface area (TPSA) is 55.8 Å². The summed E-state index contributed by atoms with van der Waals surface area (Å²) in [5, 5.41) is 12.1. The Labute approximate surface area is 135 Å². The van der Waals surface area contributed by atoms with Crippen molar-refractivity contribution < 1.29 is 19.4 Å². The Kier molecular flexibility index (Phi) is 5.42. The van der Waals surface area contributed by atoms with Gasteiger partial charge in [0.25, 0.3) is 0 Å². The highest BCUT2D eigenvalue weighted by Gasteiger charge is 2.32. The summed E-state index contributed by atoms with van der Waals surface area (Å²) in [7, 11) is 2.96. The molecule has 122 valence electrons. The van der Waals surface area contributed by atoms with Crippen LogP contribution in [-0.4, -0.2) is 31.1 Å². The number of hydrogen-bond acceptors (Lipinski definition) is 5. The van der Waals surface area contributed by atoms with Crippen molar-refractivity contribution in [2.24, 2.45) is 0 Å². The minimum Gasteiger partial charge on any atom is -0.465 e. The summed E-state index contributed by atoms with van der Waals surface area (Å²) in [6.45, 7) is 4.11. The Morgan fingerprint density at radius 1 is 1.36 bits per heavy atom. The van der Waals surface area contributed by atoms with E-state index in [0.29, 0.717) is 18.4 Å². The quantitative estimate of drug-likeness (QED) is 0.674. The Morgan fingerprint density at radius 3 is 2.50 bits per heavy atom. The summed E-state index contributed by atoms with van der Waals surface area (Å²) in [5.74, 6) is -1.26. The Balaban J connectivity index is 2.32. The number of hydrogen-bond donors (Lipinski definition) is 1. The van der Waals surface area contributed by atoms with Crippen LogP contribution in [0.25, 0.3) is 5.57 Å². The second kappa shape index (κ2) is 6.94. The van der Waals surface area contributed by atoms with Crippen LogP contribution in [-0.2, 0) is 9.47 Å². The molecule has 1 fully saturated rings. The summed E-state index contributed by atoms with van der Waals surface area (Å²) in [4.78, 5) is 12.9. The van der Waals surface area contributed by atoms with E-state index in [1.807, 2.05) is 12.3 Å². The minimum atomic E-state index is -0.982. The smallest absolute Gasteiger partial charge is 0.338 e. The van der Waals surface area contributed by atoms with E-state index in [2.05, 4.69) is 6.92 Å². The first-order valence-electron chi connectivity index (χ1n) is 7.61. The van der Waals surface area contributed by atoms with Crippen molar-refractivity contribution in [1.82, 2.24) is 0 Å². The van der Waals surface area contributed by atoms with E-state index >= 15 is 0 Å². The molecule has 1 heterocycles. The Bertz CT molecular complexity index is 575. The molecule has 0 radical (unpaired) electrons. The van der Waals surface area contributed by atoms with Crippen LogP contribution in [0.4, 0.5) is 0 Å². The highest BCUT2D eigenvalue weighted by Crippen LogP contribution is 2.40. The monoisotopic (exact) mass is 324 g/mol. The maximum atomic E-state index is 11.8. The number of carbonyl (C=O) groups is 1. The van der Waals surface area contributed by atoms with Gasteiger partial charge in [0.15, 0.2) is 5.79 Å². The van der Waals surface area contributed by atoms with E-state index in [1.54, 1.807) is 18.4 Å². The highest BCUT2D eigenvalue weighted by atomic mass is 32.1. The summed E-state index contributed by atoms with van der Waals surface area (Å²) >= 11 is 1.60. The second-order valence-corrected chi connectivity index (χ2v) is 6.56. The van der Waals surface area contributed by atoms with Gasteiger partial charge in [-0.25, -0.2) is 4.79 Å². The molecule has 1 aliphatic rings.